The first kappa shape index (κ1) is 13.5. The maximum atomic E-state index is 12.1. The van der Waals surface area contributed by atoms with Crippen LogP contribution in [-0.4, -0.2) is 18.0 Å². The van der Waals surface area contributed by atoms with E-state index in [1.165, 1.54) is 7.11 Å². The number of benzene rings is 1. The SMILES string of the molecule is COc1cc(C(=O)Nc2ccc(Br)cc2C)ccn1. The number of pyridine rings is 1. The lowest BCUT2D eigenvalue weighted by Crippen LogP contribution is -2.13. The number of nitrogens with one attached hydrogen (secondary N) is 1. The van der Waals surface area contributed by atoms with Crippen molar-refractivity contribution in [2.24, 2.45) is 0 Å². The first-order chi connectivity index (χ1) is 9.10. The largest absolute Gasteiger partial charge is 0.481 e. The molecule has 0 saturated carbocycles. The van der Waals surface area contributed by atoms with E-state index < -0.39 is 0 Å². The molecular weight excluding hydrogens is 308 g/mol. The van der Waals surface area contributed by atoms with Crippen molar-refractivity contribution >= 4 is 27.5 Å². The van der Waals surface area contributed by atoms with E-state index in [1.807, 2.05) is 25.1 Å². The van der Waals surface area contributed by atoms with Gasteiger partial charge in [-0.2, -0.15) is 0 Å². The molecule has 0 spiro atoms. The Kier molecular flexibility index (Phi) is 4.16. The van der Waals surface area contributed by atoms with Crippen LogP contribution in [0, 0.1) is 6.92 Å². The Morgan fingerprint density at radius 2 is 2.11 bits per heavy atom. The van der Waals surface area contributed by atoms with E-state index in [0.29, 0.717) is 11.4 Å². The lowest BCUT2D eigenvalue weighted by atomic mass is 10.2. The quantitative estimate of drug-likeness (QED) is 0.942. The van der Waals surface area contributed by atoms with Gasteiger partial charge in [-0.1, -0.05) is 15.9 Å². The minimum Gasteiger partial charge on any atom is -0.481 e. The molecule has 0 aliphatic rings. The van der Waals surface area contributed by atoms with Gasteiger partial charge in [-0.05, 0) is 36.8 Å². The summed E-state index contributed by atoms with van der Waals surface area (Å²) < 4.78 is 5.98. The van der Waals surface area contributed by atoms with Crippen LogP contribution in [-0.2, 0) is 0 Å². The summed E-state index contributed by atoms with van der Waals surface area (Å²) in [5.74, 6) is 0.228. The van der Waals surface area contributed by atoms with Crippen LogP contribution in [0.25, 0.3) is 0 Å². The number of hydrogen-bond donors (Lipinski definition) is 1. The highest BCUT2D eigenvalue weighted by Crippen LogP contribution is 2.21. The summed E-state index contributed by atoms with van der Waals surface area (Å²) in [6.45, 7) is 1.94. The summed E-state index contributed by atoms with van der Waals surface area (Å²) in [4.78, 5) is 16.1. The summed E-state index contributed by atoms with van der Waals surface area (Å²) in [5.41, 5.74) is 2.28. The van der Waals surface area contributed by atoms with Crippen LogP contribution in [0.5, 0.6) is 5.88 Å². The van der Waals surface area contributed by atoms with Gasteiger partial charge in [0.15, 0.2) is 0 Å². The molecule has 0 aliphatic carbocycles. The van der Waals surface area contributed by atoms with Gasteiger partial charge < -0.3 is 10.1 Å². The van der Waals surface area contributed by atoms with Gasteiger partial charge in [0.25, 0.3) is 5.91 Å². The predicted octanol–water partition coefficient (Wildman–Crippen LogP) is 3.41. The highest BCUT2D eigenvalue weighted by Gasteiger charge is 2.09. The predicted molar refractivity (Wildman–Crippen MR) is 77.6 cm³/mol. The van der Waals surface area contributed by atoms with Crippen molar-refractivity contribution in [1.82, 2.24) is 4.98 Å². The maximum absolute atomic E-state index is 12.1. The molecular formula is C14H13BrN2O2. The monoisotopic (exact) mass is 320 g/mol. The van der Waals surface area contributed by atoms with Crippen LogP contribution in [0.15, 0.2) is 41.0 Å². The lowest BCUT2D eigenvalue weighted by molar-refractivity contribution is 0.102. The first-order valence-electron chi connectivity index (χ1n) is 5.67. The van der Waals surface area contributed by atoms with Crippen LogP contribution in [0.3, 0.4) is 0 Å². The third-order valence-corrected chi connectivity index (χ3v) is 3.14. The van der Waals surface area contributed by atoms with E-state index in [1.54, 1.807) is 18.3 Å². The Morgan fingerprint density at radius 1 is 1.32 bits per heavy atom. The molecule has 2 rings (SSSR count). The molecule has 1 amide bonds. The van der Waals surface area contributed by atoms with Crippen LogP contribution < -0.4 is 10.1 Å². The van der Waals surface area contributed by atoms with Gasteiger partial charge in [0, 0.05) is 28.0 Å². The molecule has 1 N–H and O–H groups in total. The molecule has 4 nitrogen and oxygen atoms in total. The number of aromatic nitrogens is 1. The van der Waals surface area contributed by atoms with Crippen LogP contribution in [0.2, 0.25) is 0 Å². The van der Waals surface area contributed by atoms with Crippen molar-refractivity contribution in [2.75, 3.05) is 12.4 Å². The number of carbonyl (C=O) groups excluding carboxylic acids is 1. The second-order valence-electron chi connectivity index (χ2n) is 4.00. The molecule has 0 bridgehead atoms. The number of hydrogen-bond acceptors (Lipinski definition) is 3. The molecule has 0 radical (unpaired) electrons. The second-order valence-corrected chi connectivity index (χ2v) is 4.92. The van der Waals surface area contributed by atoms with Crippen LogP contribution in [0.4, 0.5) is 5.69 Å². The molecule has 0 aliphatic heterocycles. The van der Waals surface area contributed by atoms with Crippen molar-refractivity contribution in [3.8, 4) is 5.88 Å². The molecule has 1 aromatic carbocycles. The normalized spacial score (nSPS) is 10.1. The third kappa shape index (κ3) is 3.32. The Hall–Kier alpha value is -1.88. The van der Waals surface area contributed by atoms with Gasteiger partial charge >= 0.3 is 0 Å². The van der Waals surface area contributed by atoms with E-state index >= 15 is 0 Å². The van der Waals surface area contributed by atoms with Gasteiger partial charge in [-0.15, -0.1) is 0 Å². The Labute approximate surface area is 119 Å². The summed E-state index contributed by atoms with van der Waals surface area (Å²) >= 11 is 3.39. The number of carbonyl (C=O) groups is 1. The van der Waals surface area contributed by atoms with E-state index in [-0.39, 0.29) is 5.91 Å². The van der Waals surface area contributed by atoms with Crippen molar-refractivity contribution in [2.45, 2.75) is 6.92 Å². The minimum atomic E-state index is -0.189. The fraction of sp³-hybridized carbons (Fsp3) is 0.143. The zero-order valence-corrected chi connectivity index (χ0v) is 12.2. The minimum absolute atomic E-state index is 0.189. The zero-order valence-electron chi connectivity index (χ0n) is 10.6. The van der Waals surface area contributed by atoms with E-state index in [0.717, 1.165) is 15.7 Å². The molecule has 0 fully saturated rings. The highest BCUT2D eigenvalue weighted by molar-refractivity contribution is 9.10. The number of amides is 1. The smallest absolute Gasteiger partial charge is 0.255 e. The topological polar surface area (TPSA) is 51.2 Å². The average molecular weight is 321 g/mol. The fourth-order valence-corrected chi connectivity index (χ4v) is 2.10. The van der Waals surface area contributed by atoms with Gasteiger partial charge in [0.2, 0.25) is 5.88 Å². The molecule has 98 valence electrons. The van der Waals surface area contributed by atoms with Crippen molar-refractivity contribution in [3.05, 3.63) is 52.1 Å². The summed E-state index contributed by atoms with van der Waals surface area (Å²) in [6, 6.07) is 8.93. The molecule has 0 saturated heterocycles. The lowest BCUT2D eigenvalue weighted by Gasteiger charge is -2.09. The van der Waals surface area contributed by atoms with E-state index in [2.05, 4.69) is 26.2 Å². The third-order valence-electron chi connectivity index (χ3n) is 2.64. The van der Waals surface area contributed by atoms with E-state index in [9.17, 15) is 4.79 Å². The Balaban J connectivity index is 2.20. The molecule has 19 heavy (non-hydrogen) atoms. The first-order valence-corrected chi connectivity index (χ1v) is 6.47. The summed E-state index contributed by atoms with van der Waals surface area (Å²) in [7, 11) is 1.52. The standard InChI is InChI=1S/C14H13BrN2O2/c1-9-7-11(15)3-4-12(9)17-14(18)10-5-6-16-13(8-10)19-2/h3-8H,1-2H3,(H,17,18). The van der Waals surface area contributed by atoms with Crippen molar-refractivity contribution in [1.29, 1.82) is 0 Å². The Morgan fingerprint density at radius 3 is 2.79 bits per heavy atom. The number of halogens is 1. The van der Waals surface area contributed by atoms with E-state index in [4.69, 9.17) is 4.74 Å². The molecule has 0 unspecified atom stereocenters. The van der Waals surface area contributed by atoms with Crippen LogP contribution in [0.1, 0.15) is 15.9 Å². The zero-order chi connectivity index (χ0) is 13.8. The fourth-order valence-electron chi connectivity index (χ4n) is 1.62. The van der Waals surface area contributed by atoms with Gasteiger partial charge in [0.1, 0.15) is 0 Å². The van der Waals surface area contributed by atoms with Crippen molar-refractivity contribution < 1.29 is 9.53 Å². The summed E-state index contributed by atoms with van der Waals surface area (Å²) in [6.07, 6.45) is 1.54. The molecule has 2 aromatic rings. The Bertz CT molecular complexity index is 614. The number of rotatable bonds is 3. The molecule has 1 aromatic heterocycles. The maximum Gasteiger partial charge on any atom is 0.255 e. The van der Waals surface area contributed by atoms with Crippen molar-refractivity contribution in [3.63, 3.8) is 0 Å². The number of nitrogens with zero attached hydrogens (tertiary/aromatic N) is 1. The average Bonchev–Trinajstić information content (AvgIpc) is 2.42. The molecule has 5 heteroatoms. The summed E-state index contributed by atoms with van der Waals surface area (Å²) in [5, 5.41) is 2.86. The van der Waals surface area contributed by atoms with Gasteiger partial charge in [-0.3, -0.25) is 4.79 Å². The van der Waals surface area contributed by atoms with Gasteiger partial charge in [-0.25, -0.2) is 4.98 Å². The number of ether oxygens (including phenoxy) is 1. The molecule has 1 heterocycles. The van der Waals surface area contributed by atoms with Crippen LogP contribution >= 0.6 is 15.9 Å². The number of aryl methyl sites for hydroxylation is 1. The molecule has 0 atom stereocenters. The second kappa shape index (κ2) is 5.84. The highest BCUT2D eigenvalue weighted by atomic mass is 79.9. The number of anilines is 1. The number of methoxy groups -OCH3 is 1. The van der Waals surface area contributed by atoms with Gasteiger partial charge in [0.05, 0.1) is 7.11 Å².